The van der Waals surface area contributed by atoms with E-state index in [2.05, 4.69) is 28.3 Å². The van der Waals surface area contributed by atoms with Gasteiger partial charge in [0.2, 0.25) is 0 Å². The molecule has 1 heterocycles. The molecule has 0 fully saturated rings. The lowest BCUT2D eigenvalue weighted by Crippen LogP contribution is -2.42. The van der Waals surface area contributed by atoms with Gasteiger partial charge in [-0.2, -0.15) is 0 Å². The highest BCUT2D eigenvalue weighted by molar-refractivity contribution is 8.01. The van der Waals surface area contributed by atoms with E-state index in [9.17, 15) is 10.2 Å². The highest BCUT2D eigenvalue weighted by Gasteiger charge is 2.52. The van der Waals surface area contributed by atoms with Crippen LogP contribution in [0.2, 0.25) is 0 Å². The van der Waals surface area contributed by atoms with E-state index in [4.69, 9.17) is 9.47 Å². The number of phenols is 2. The Morgan fingerprint density at radius 1 is 0.681 bits per heavy atom. The van der Waals surface area contributed by atoms with Crippen molar-refractivity contribution < 1.29 is 19.7 Å². The fourth-order valence-electron chi connectivity index (χ4n) is 6.13. The van der Waals surface area contributed by atoms with Gasteiger partial charge in [0.05, 0.1) is 11.4 Å². The van der Waals surface area contributed by atoms with Crippen LogP contribution in [0.4, 0.5) is 11.4 Å². The van der Waals surface area contributed by atoms with E-state index in [-0.39, 0.29) is 11.5 Å². The third-order valence-electron chi connectivity index (χ3n) is 8.09. The molecule has 3 N–H and O–H groups in total. The SMILES string of the molecule is C=C(Nc1ccccc1N1Sc2ccccc2C1(c1ccc(O)cc1C)c1ccc(Oc2ccccc2)cc1O)Oc1ccccc1. The van der Waals surface area contributed by atoms with Crippen LogP contribution in [0.5, 0.6) is 28.7 Å². The molecule has 7 rings (SSSR count). The minimum atomic E-state index is -1.03. The normalized spacial score (nSPS) is 15.1. The second-order valence-corrected chi connectivity index (χ2v) is 12.2. The van der Waals surface area contributed by atoms with Gasteiger partial charge < -0.3 is 25.0 Å². The van der Waals surface area contributed by atoms with Crippen molar-refractivity contribution in [3.63, 3.8) is 0 Å². The summed E-state index contributed by atoms with van der Waals surface area (Å²) in [5.41, 5.74) is 3.96. The van der Waals surface area contributed by atoms with Crippen LogP contribution in [-0.4, -0.2) is 10.2 Å². The molecule has 6 aromatic carbocycles. The van der Waals surface area contributed by atoms with Crippen LogP contribution in [0.3, 0.4) is 0 Å². The molecule has 0 radical (unpaired) electrons. The van der Waals surface area contributed by atoms with Crippen LogP contribution >= 0.6 is 11.9 Å². The summed E-state index contributed by atoms with van der Waals surface area (Å²) in [6.45, 7) is 6.12. The van der Waals surface area contributed by atoms with Crippen LogP contribution in [0.15, 0.2) is 163 Å². The van der Waals surface area contributed by atoms with Gasteiger partial charge in [0.25, 0.3) is 0 Å². The van der Waals surface area contributed by atoms with Gasteiger partial charge >= 0.3 is 0 Å². The molecule has 232 valence electrons. The van der Waals surface area contributed by atoms with Crippen LogP contribution in [0.1, 0.15) is 22.3 Å². The van der Waals surface area contributed by atoms with Gasteiger partial charge in [-0.3, -0.25) is 4.31 Å². The van der Waals surface area contributed by atoms with Crippen molar-refractivity contribution in [1.29, 1.82) is 0 Å². The van der Waals surface area contributed by atoms with Crippen molar-refractivity contribution in [1.82, 2.24) is 0 Å². The summed E-state index contributed by atoms with van der Waals surface area (Å²) in [5.74, 6) is 2.45. The molecule has 0 saturated heterocycles. The highest BCUT2D eigenvalue weighted by Crippen LogP contribution is 2.60. The smallest absolute Gasteiger partial charge is 0.190 e. The molecule has 1 aliphatic rings. The van der Waals surface area contributed by atoms with E-state index in [1.54, 1.807) is 30.1 Å². The average Bonchev–Trinajstić information content (AvgIpc) is 3.41. The zero-order valence-corrected chi connectivity index (χ0v) is 26.4. The van der Waals surface area contributed by atoms with Crippen LogP contribution in [0, 0.1) is 6.92 Å². The van der Waals surface area contributed by atoms with E-state index in [1.807, 2.05) is 122 Å². The van der Waals surface area contributed by atoms with Gasteiger partial charge in [-0.05, 0) is 103 Å². The number of hydrogen-bond acceptors (Lipinski definition) is 7. The van der Waals surface area contributed by atoms with Crippen molar-refractivity contribution in [2.45, 2.75) is 17.4 Å². The zero-order valence-electron chi connectivity index (χ0n) is 25.6. The summed E-state index contributed by atoms with van der Waals surface area (Å²) in [6.07, 6.45) is 0. The molecule has 0 spiro atoms. The zero-order chi connectivity index (χ0) is 32.4. The molecule has 6 nitrogen and oxygen atoms in total. The first kappa shape index (κ1) is 29.9. The van der Waals surface area contributed by atoms with Gasteiger partial charge in [-0.15, -0.1) is 0 Å². The number of benzene rings is 6. The molecular weight excluding hydrogens is 605 g/mol. The van der Waals surface area contributed by atoms with Gasteiger partial charge in [0, 0.05) is 22.1 Å². The number of phenolic OH excluding ortho intramolecular Hbond substituents is 2. The molecule has 7 heteroatoms. The Balaban J connectivity index is 1.41. The topological polar surface area (TPSA) is 74.2 Å². The number of aryl methyl sites for hydroxylation is 1. The molecule has 6 aromatic rings. The second kappa shape index (κ2) is 12.5. The van der Waals surface area contributed by atoms with Crippen LogP contribution in [-0.2, 0) is 5.54 Å². The standard InChI is InChI=1S/C40H32N2O4S/c1-27-25-29(43)21-23-33(27)40(34-24-22-32(26-38(34)44)46-31-15-7-4-8-16-31)35-17-9-12-20-39(35)47-42(40)37-19-11-10-18-36(37)41-28(2)45-30-13-5-3-6-14-30/h3-26,41,43-44H,2H2,1H3. The summed E-state index contributed by atoms with van der Waals surface area (Å²) in [7, 11) is 0. The lowest BCUT2D eigenvalue weighted by atomic mass is 9.74. The number of nitrogens with one attached hydrogen (secondary N) is 1. The number of nitrogens with zero attached hydrogens (tertiary/aromatic N) is 1. The first-order valence-electron chi connectivity index (χ1n) is 15.2. The minimum Gasteiger partial charge on any atom is -0.508 e. The number of hydrogen-bond donors (Lipinski definition) is 3. The Hall–Kier alpha value is -5.79. The predicted molar refractivity (Wildman–Crippen MR) is 188 cm³/mol. The lowest BCUT2D eigenvalue weighted by molar-refractivity contribution is 0.435. The van der Waals surface area contributed by atoms with Gasteiger partial charge in [-0.25, -0.2) is 0 Å². The minimum absolute atomic E-state index is 0.0653. The Labute approximate surface area is 278 Å². The Morgan fingerprint density at radius 3 is 2.09 bits per heavy atom. The summed E-state index contributed by atoms with van der Waals surface area (Å²) in [4.78, 5) is 1.03. The average molecular weight is 637 g/mol. The first-order valence-corrected chi connectivity index (χ1v) is 15.9. The third kappa shape index (κ3) is 5.62. The molecule has 0 saturated carbocycles. The number of aromatic hydroxyl groups is 2. The summed E-state index contributed by atoms with van der Waals surface area (Å²) in [6, 6.07) is 46.0. The van der Waals surface area contributed by atoms with E-state index in [0.29, 0.717) is 28.7 Å². The monoisotopic (exact) mass is 636 g/mol. The number of fused-ring (bicyclic) bond motifs is 1. The van der Waals surface area contributed by atoms with Crippen molar-refractivity contribution in [2.24, 2.45) is 0 Å². The van der Waals surface area contributed by atoms with Gasteiger partial charge in [-0.1, -0.05) is 72.8 Å². The van der Waals surface area contributed by atoms with Crippen molar-refractivity contribution >= 4 is 23.3 Å². The van der Waals surface area contributed by atoms with Crippen LogP contribution in [0.25, 0.3) is 0 Å². The van der Waals surface area contributed by atoms with Gasteiger partial charge in [0.15, 0.2) is 5.88 Å². The summed E-state index contributed by atoms with van der Waals surface area (Å²) < 4.78 is 14.3. The second-order valence-electron chi connectivity index (χ2n) is 11.2. The number of anilines is 2. The number of para-hydroxylation sites is 4. The molecule has 47 heavy (non-hydrogen) atoms. The fourth-order valence-corrected chi connectivity index (χ4v) is 7.47. The van der Waals surface area contributed by atoms with E-state index in [0.717, 1.165) is 33.0 Å². The maximum absolute atomic E-state index is 12.0. The predicted octanol–water partition coefficient (Wildman–Crippen LogP) is 9.98. The number of rotatable bonds is 9. The maximum atomic E-state index is 12.0. The molecule has 0 amide bonds. The first-order chi connectivity index (χ1) is 22.9. The van der Waals surface area contributed by atoms with Gasteiger partial charge in [0.1, 0.15) is 34.3 Å². The van der Waals surface area contributed by atoms with Crippen molar-refractivity contribution in [2.75, 3.05) is 9.62 Å². The summed E-state index contributed by atoms with van der Waals surface area (Å²) >= 11 is 1.58. The number of ether oxygens (including phenoxy) is 2. The Morgan fingerprint density at radius 2 is 1.34 bits per heavy atom. The Bertz CT molecular complexity index is 2070. The fraction of sp³-hybridized carbons (Fsp3) is 0.0500. The van der Waals surface area contributed by atoms with Crippen LogP contribution < -0.4 is 19.1 Å². The summed E-state index contributed by atoms with van der Waals surface area (Å²) in [5, 5.41) is 25.8. The molecule has 1 atom stereocenters. The lowest BCUT2D eigenvalue weighted by Gasteiger charge is -2.42. The maximum Gasteiger partial charge on any atom is 0.190 e. The third-order valence-corrected chi connectivity index (χ3v) is 9.30. The molecule has 1 unspecified atom stereocenters. The molecule has 0 bridgehead atoms. The van der Waals surface area contributed by atoms with Crippen molar-refractivity contribution in [3.05, 3.63) is 180 Å². The molecule has 0 aromatic heterocycles. The van der Waals surface area contributed by atoms with Crippen molar-refractivity contribution in [3.8, 4) is 28.7 Å². The highest BCUT2D eigenvalue weighted by atomic mass is 32.2. The molecular formula is C40H32N2O4S. The molecule has 1 aliphatic heterocycles. The van der Waals surface area contributed by atoms with E-state index < -0.39 is 5.54 Å². The Kier molecular flexibility index (Phi) is 7.98. The largest absolute Gasteiger partial charge is 0.508 e. The quantitative estimate of drug-likeness (QED) is 0.108. The van der Waals surface area contributed by atoms with E-state index >= 15 is 0 Å². The van der Waals surface area contributed by atoms with E-state index in [1.165, 1.54) is 0 Å². The molecule has 0 aliphatic carbocycles.